The molecule has 0 heterocycles. The second-order valence-electron chi connectivity index (χ2n) is 6.77. The van der Waals surface area contributed by atoms with E-state index in [2.05, 4.69) is 13.8 Å². The maximum absolute atomic E-state index is 13.0. The fraction of sp³-hybridized carbons (Fsp3) is 0.667. The van der Waals surface area contributed by atoms with E-state index in [0.717, 1.165) is 17.0 Å². The molecule has 0 aliphatic rings. The zero-order valence-corrected chi connectivity index (χ0v) is 15.6. The SMILES string of the molecule is CCC(C)C(c1c(OC)cc(OC)cc1OC)N([O])C(C)(C)C. The topological polar surface area (TPSA) is 50.8 Å². The Morgan fingerprint density at radius 3 is 1.83 bits per heavy atom. The van der Waals surface area contributed by atoms with Gasteiger partial charge in [-0.3, -0.25) is 0 Å². The fourth-order valence-electron chi connectivity index (χ4n) is 2.60. The lowest BCUT2D eigenvalue weighted by molar-refractivity contribution is -0.251. The molecular weight excluding hydrogens is 294 g/mol. The average molecular weight is 324 g/mol. The molecule has 0 bridgehead atoms. The van der Waals surface area contributed by atoms with E-state index in [4.69, 9.17) is 14.2 Å². The number of benzene rings is 1. The largest absolute Gasteiger partial charge is 0.496 e. The minimum Gasteiger partial charge on any atom is -0.496 e. The van der Waals surface area contributed by atoms with Crippen LogP contribution in [0.3, 0.4) is 0 Å². The summed E-state index contributed by atoms with van der Waals surface area (Å²) < 4.78 is 16.4. The van der Waals surface area contributed by atoms with Crippen molar-refractivity contribution in [2.75, 3.05) is 21.3 Å². The maximum Gasteiger partial charge on any atom is 0.131 e. The van der Waals surface area contributed by atoms with Crippen LogP contribution in [-0.4, -0.2) is 31.9 Å². The summed E-state index contributed by atoms with van der Waals surface area (Å²) in [7, 11) is 4.78. The van der Waals surface area contributed by atoms with E-state index in [-0.39, 0.29) is 12.0 Å². The van der Waals surface area contributed by atoms with E-state index in [1.165, 1.54) is 0 Å². The summed E-state index contributed by atoms with van der Waals surface area (Å²) in [5.74, 6) is 2.00. The molecule has 0 N–H and O–H groups in total. The second-order valence-corrected chi connectivity index (χ2v) is 6.77. The van der Waals surface area contributed by atoms with E-state index in [0.29, 0.717) is 17.2 Å². The Morgan fingerprint density at radius 2 is 1.52 bits per heavy atom. The highest BCUT2D eigenvalue weighted by Crippen LogP contribution is 2.45. The Bertz CT molecular complexity index is 485. The first-order chi connectivity index (χ1) is 10.7. The fourth-order valence-corrected chi connectivity index (χ4v) is 2.60. The molecule has 0 saturated heterocycles. The summed E-state index contributed by atoms with van der Waals surface area (Å²) in [6, 6.07) is 3.23. The number of nitrogens with zero attached hydrogens (tertiary/aromatic N) is 1. The Kier molecular flexibility index (Phi) is 6.71. The van der Waals surface area contributed by atoms with E-state index >= 15 is 0 Å². The van der Waals surface area contributed by atoms with Gasteiger partial charge in [-0.2, -0.15) is 0 Å². The molecule has 0 aliphatic heterocycles. The first-order valence-electron chi connectivity index (χ1n) is 7.97. The molecule has 5 heteroatoms. The average Bonchev–Trinajstić information content (AvgIpc) is 2.53. The van der Waals surface area contributed by atoms with Gasteiger partial charge in [-0.15, -0.1) is 10.3 Å². The summed E-state index contributed by atoms with van der Waals surface area (Å²) in [5, 5.41) is 14.2. The molecule has 0 fully saturated rings. The lowest BCUT2D eigenvalue weighted by Crippen LogP contribution is -2.42. The Morgan fingerprint density at radius 1 is 1.04 bits per heavy atom. The van der Waals surface area contributed by atoms with Crippen LogP contribution in [0, 0.1) is 5.92 Å². The summed E-state index contributed by atoms with van der Waals surface area (Å²) in [6.07, 6.45) is 0.873. The molecule has 1 aromatic rings. The van der Waals surface area contributed by atoms with Crippen molar-refractivity contribution >= 4 is 0 Å². The molecule has 5 nitrogen and oxygen atoms in total. The summed E-state index contributed by atoms with van der Waals surface area (Å²) in [5.41, 5.74) is 0.249. The monoisotopic (exact) mass is 324 g/mol. The Balaban J connectivity index is 3.57. The summed E-state index contributed by atoms with van der Waals surface area (Å²) >= 11 is 0. The second kappa shape index (κ2) is 7.88. The number of ether oxygens (including phenoxy) is 3. The van der Waals surface area contributed by atoms with Gasteiger partial charge in [-0.25, -0.2) is 0 Å². The van der Waals surface area contributed by atoms with Gasteiger partial charge in [0.15, 0.2) is 0 Å². The maximum atomic E-state index is 13.0. The quantitative estimate of drug-likeness (QED) is 0.704. The van der Waals surface area contributed by atoms with Crippen molar-refractivity contribution in [3.63, 3.8) is 0 Å². The molecule has 131 valence electrons. The molecule has 2 atom stereocenters. The van der Waals surface area contributed by atoms with Gasteiger partial charge < -0.3 is 14.2 Å². The van der Waals surface area contributed by atoms with Crippen LogP contribution in [0.25, 0.3) is 0 Å². The van der Waals surface area contributed by atoms with Crippen molar-refractivity contribution in [3.8, 4) is 17.2 Å². The molecule has 0 aliphatic carbocycles. The third kappa shape index (κ3) is 4.30. The number of rotatable bonds is 7. The number of hydrogen-bond donors (Lipinski definition) is 0. The zero-order chi connectivity index (χ0) is 17.8. The van der Waals surface area contributed by atoms with Crippen molar-refractivity contribution in [1.29, 1.82) is 0 Å². The smallest absolute Gasteiger partial charge is 0.131 e. The first-order valence-corrected chi connectivity index (χ1v) is 7.97. The number of hydroxylamine groups is 2. The van der Waals surface area contributed by atoms with Gasteiger partial charge in [0.2, 0.25) is 0 Å². The molecule has 0 saturated carbocycles. The molecule has 1 aromatic carbocycles. The number of methoxy groups -OCH3 is 3. The van der Waals surface area contributed by atoms with Crippen LogP contribution in [-0.2, 0) is 5.21 Å². The third-order valence-electron chi connectivity index (χ3n) is 4.15. The van der Waals surface area contributed by atoms with Crippen molar-refractivity contribution in [3.05, 3.63) is 17.7 Å². The van der Waals surface area contributed by atoms with Crippen LogP contribution in [0.2, 0.25) is 0 Å². The first kappa shape index (κ1) is 19.6. The van der Waals surface area contributed by atoms with Gasteiger partial charge >= 0.3 is 0 Å². The highest BCUT2D eigenvalue weighted by Gasteiger charge is 2.37. The van der Waals surface area contributed by atoms with Crippen LogP contribution < -0.4 is 14.2 Å². The molecule has 0 amide bonds. The van der Waals surface area contributed by atoms with Crippen LogP contribution >= 0.6 is 0 Å². The van der Waals surface area contributed by atoms with Crippen molar-refractivity contribution < 1.29 is 19.4 Å². The van der Waals surface area contributed by atoms with Crippen LogP contribution in [0.5, 0.6) is 17.2 Å². The van der Waals surface area contributed by atoms with Gasteiger partial charge in [0.25, 0.3) is 0 Å². The van der Waals surface area contributed by atoms with Crippen LogP contribution in [0.1, 0.15) is 52.6 Å². The Labute approximate surface area is 140 Å². The van der Waals surface area contributed by atoms with Crippen molar-refractivity contribution in [2.45, 2.75) is 52.6 Å². The van der Waals surface area contributed by atoms with E-state index < -0.39 is 5.54 Å². The highest BCUT2D eigenvalue weighted by molar-refractivity contribution is 5.52. The molecule has 0 aromatic heterocycles. The van der Waals surface area contributed by atoms with Crippen molar-refractivity contribution in [2.24, 2.45) is 5.92 Å². The summed E-state index contributed by atoms with van der Waals surface area (Å²) in [4.78, 5) is 0. The van der Waals surface area contributed by atoms with Gasteiger partial charge in [0.05, 0.1) is 32.9 Å². The lowest BCUT2D eigenvalue weighted by Gasteiger charge is -2.38. The zero-order valence-electron chi connectivity index (χ0n) is 15.6. The molecule has 2 unspecified atom stereocenters. The Hall–Kier alpha value is -1.46. The van der Waals surface area contributed by atoms with Crippen molar-refractivity contribution in [1.82, 2.24) is 5.06 Å². The molecule has 1 rings (SSSR count). The molecule has 1 radical (unpaired) electrons. The standard InChI is InChI=1S/C18H30NO4/c1-9-12(2)17(19(20)18(3,4)5)16-14(22-7)10-13(21-6)11-15(16)23-8/h10-12,17H,9H2,1-8H3. The molecule has 23 heavy (non-hydrogen) atoms. The van der Waals surface area contributed by atoms with Gasteiger partial charge in [-0.05, 0) is 26.7 Å². The minimum atomic E-state index is -0.524. The van der Waals surface area contributed by atoms with Crippen LogP contribution in [0.4, 0.5) is 0 Å². The number of hydrogen-bond acceptors (Lipinski definition) is 4. The van der Waals surface area contributed by atoms with E-state index in [1.807, 2.05) is 20.8 Å². The summed E-state index contributed by atoms with van der Waals surface area (Å²) in [6.45, 7) is 9.90. The van der Waals surface area contributed by atoms with Gasteiger partial charge in [0, 0.05) is 17.7 Å². The molecule has 0 spiro atoms. The predicted molar refractivity (Wildman–Crippen MR) is 90.6 cm³/mol. The third-order valence-corrected chi connectivity index (χ3v) is 4.15. The normalized spacial score (nSPS) is 14.5. The predicted octanol–water partition coefficient (Wildman–Crippen LogP) is 4.25. The van der Waals surface area contributed by atoms with Crippen LogP contribution in [0.15, 0.2) is 12.1 Å². The van der Waals surface area contributed by atoms with Gasteiger partial charge in [-0.1, -0.05) is 20.3 Å². The van der Waals surface area contributed by atoms with Gasteiger partial charge in [0.1, 0.15) is 17.2 Å². The van der Waals surface area contributed by atoms with E-state index in [1.54, 1.807) is 33.5 Å². The van der Waals surface area contributed by atoms with E-state index in [9.17, 15) is 5.21 Å². The highest BCUT2D eigenvalue weighted by atomic mass is 16.5. The lowest BCUT2D eigenvalue weighted by atomic mass is 9.88. The molecular formula is C18H30NO4. The minimum absolute atomic E-state index is 0.142.